The highest BCUT2D eigenvalue weighted by Crippen LogP contribution is 2.19. The van der Waals surface area contributed by atoms with E-state index in [1.54, 1.807) is 24.9 Å². The Morgan fingerprint density at radius 2 is 2.05 bits per heavy atom. The van der Waals surface area contributed by atoms with Crippen molar-refractivity contribution in [2.75, 3.05) is 19.5 Å². The smallest absolute Gasteiger partial charge is 0.272 e. The average Bonchev–Trinajstić information content (AvgIpc) is 2.42. The van der Waals surface area contributed by atoms with Gasteiger partial charge in [-0.1, -0.05) is 6.42 Å². The number of carbonyl (C=O) groups excluding carboxylic acids is 1. The van der Waals surface area contributed by atoms with Crippen LogP contribution in [0, 0.1) is 17.0 Å². The number of nitro benzene ring substituents is 1. The zero-order valence-electron chi connectivity index (χ0n) is 11.8. The summed E-state index contributed by atoms with van der Waals surface area (Å²) in [5.41, 5.74) is 1.01. The van der Waals surface area contributed by atoms with Crippen molar-refractivity contribution in [1.82, 2.24) is 4.90 Å². The van der Waals surface area contributed by atoms with Crippen LogP contribution in [0.1, 0.15) is 35.2 Å². The number of unbranched alkanes of at least 4 members (excludes halogenated alkanes) is 2. The number of aryl methyl sites for hydroxylation is 1. The first-order chi connectivity index (χ1) is 9.47. The maximum Gasteiger partial charge on any atom is 0.272 e. The van der Waals surface area contributed by atoms with Gasteiger partial charge in [0.15, 0.2) is 0 Å². The van der Waals surface area contributed by atoms with Crippen molar-refractivity contribution in [3.63, 3.8) is 0 Å². The van der Waals surface area contributed by atoms with Gasteiger partial charge in [0.05, 0.1) is 4.92 Å². The minimum atomic E-state index is -0.445. The molecule has 0 spiro atoms. The summed E-state index contributed by atoms with van der Waals surface area (Å²) in [5, 5.41) is 10.7. The fraction of sp³-hybridized carbons (Fsp3) is 0.500. The highest BCUT2D eigenvalue weighted by molar-refractivity contribution is 6.17. The summed E-state index contributed by atoms with van der Waals surface area (Å²) in [4.78, 5) is 24.1. The summed E-state index contributed by atoms with van der Waals surface area (Å²) in [5.74, 6) is 0.521. The summed E-state index contributed by atoms with van der Waals surface area (Å²) < 4.78 is 0. The van der Waals surface area contributed by atoms with E-state index in [-0.39, 0.29) is 11.6 Å². The number of rotatable bonds is 7. The number of amides is 1. The predicted octanol–water partition coefficient (Wildman–Crippen LogP) is 3.38. The van der Waals surface area contributed by atoms with Gasteiger partial charge >= 0.3 is 0 Å². The molecule has 0 fully saturated rings. The number of hydrogen-bond donors (Lipinski definition) is 0. The molecule has 1 amide bonds. The van der Waals surface area contributed by atoms with Crippen molar-refractivity contribution in [2.24, 2.45) is 0 Å². The molecular weight excluding hydrogens is 280 g/mol. The van der Waals surface area contributed by atoms with Crippen molar-refractivity contribution in [1.29, 1.82) is 0 Å². The van der Waals surface area contributed by atoms with Crippen molar-refractivity contribution in [3.05, 3.63) is 39.4 Å². The SMILES string of the molecule is Cc1cc(C(=O)N(C)CCCCCCl)ccc1[N+](=O)[O-]. The molecule has 0 saturated carbocycles. The van der Waals surface area contributed by atoms with Gasteiger partial charge < -0.3 is 4.90 Å². The second-order valence-corrected chi connectivity index (χ2v) is 5.11. The zero-order chi connectivity index (χ0) is 15.1. The van der Waals surface area contributed by atoms with Crippen molar-refractivity contribution in [3.8, 4) is 0 Å². The van der Waals surface area contributed by atoms with Crippen LogP contribution in [0.4, 0.5) is 5.69 Å². The van der Waals surface area contributed by atoms with Gasteiger partial charge in [0, 0.05) is 36.7 Å². The molecule has 1 aromatic rings. The first kappa shape index (κ1) is 16.4. The third kappa shape index (κ3) is 4.49. The Kier molecular flexibility index (Phi) is 6.45. The molecule has 0 atom stereocenters. The number of benzene rings is 1. The van der Waals surface area contributed by atoms with E-state index in [4.69, 9.17) is 11.6 Å². The average molecular weight is 299 g/mol. The molecular formula is C14H19ClN2O3. The second kappa shape index (κ2) is 7.85. The van der Waals surface area contributed by atoms with E-state index in [1.807, 2.05) is 0 Å². The monoisotopic (exact) mass is 298 g/mol. The molecule has 0 unspecified atom stereocenters. The van der Waals surface area contributed by atoms with Gasteiger partial charge in [-0.3, -0.25) is 14.9 Å². The minimum absolute atomic E-state index is 0.0336. The quantitative estimate of drug-likeness (QED) is 0.335. The van der Waals surface area contributed by atoms with Crippen molar-refractivity contribution in [2.45, 2.75) is 26.2 Å². The molecule has 5 nitrogen and oxygen atoms in total. The molecule has 6 heteroatoms. The highest BCUT2D eigenvalue weighted by atomic mass is 35.5. The summed E-state index contributed by atoms with van der Waals surface area (Å²) in [6.07, 6.45) is 2.83. The van der Waals surface area contributed by atoms with Crippen LogP contribution in [-0.2, 0) is 0 Å². The molecule has 0 heterocycles. The summed E-state index contributed by atoms with van der Waals surface area (Å²) >= 11 is 5.60. The second-order valence-electron chi connectivity index (χ2n) is 4.73. The van der Waals surface area contributed by atoms with Crippen LogP contribution in [0.25, 0.3) is 0 Å². The highest BCUT2D eigenvalue weighted by Gasteiger charge is 2.16. The maximum atomic E-state index is 12.2. The third-order valence-electron chi connectivity index (χ3n) is 3.11. The van der Waals surface area contributed by atoms with Gasteiger partial charge in [-0.2, -0.15) is 0 Å². The van der Waals surface area contributed by atoms with Crippen molar-refractivity contribution >= 4 is 23.2 Å². The summed E-state index contributed by atoms with van der Waals surface area (Å²) in [7, 11) is 1.74. The topological polar surface area (TPSA) is 63.5 Å². The Morgan fingerprint density at radius 3 is 2.60 bits per heavy atom. The van der Waals surface area contributed by atoms with Crippen molar-refractivity contribution < 1.29 is 9.72 Å². The molecule has 0 saturated heterocycles. The molecule has 0 aliphatic heterocycles. The van der Waals surface area contributed by atoms with Gasteiger partial charge in [-0.05, 0) is 31.9 Å². The van der Waals surface area contributed by atoms with E-state index in [1.165, 1.54) is 12.1 Å². The Bertz CT molecular complexity index is 491. The predicted molar refractivity (Wildman–Crippen MR) is 79.4 cm³/mol. The lowest BCUT2D eigenvalue weighted by Gasteiger charge is -2.17. The Hall–Kier alpha value is -1.62. The van der Waals surface area contributed by atoms with Gasteiger partial charge in [0.25, 0.3) is 11.6 Å². The molecule has 0 aliphatic rings. The lowest BCUT2D eigenvalue weighted by molar-refractivity contribution is -0.385. The molecule has 1 rings (SSSR count). The Balaban J connectivity index is 2.67. The van der Waals surface area contributed by atoms with E-state index in [9.17, 15) is 14.9 Å². The van der Waals surface area contributed by atoms with Crippen LogP contribution >= 0.6 is 11.6 Å². The van der Waals surface area contributed by atoms with Crippen LogP contribution < -0.4 is 0 Å². The van der Waals surface area contributed by atoms with Gasteiger partial charge in [0.1, 0.15) is 0 Å². The van der Waals surface area contributed by atoms with E-state index in [2.05, 4.69) is 0 Å². The first-order valence-corrected chi connectivity index (χ1v) is 7.07. The van der Waals surface area contributed by atoms with Gasteiger partial charge in [-0.25, -0.2) is 0 Å². The standard InChI is InChI=1S/C14H19ClN2O3/c1-11-10-12(6-7-13(11)17(19)20)14(18)16(2)9-5-3-4-8-15/h6-7,10H,3-5,8-9H2,1-2H3. The lowest BCUT2D eigenvalue weighted by Crippen LogP contribution is -2.27. The van der Waals surface area contributed by atoms with E-state index in [0.717, 1.165) is 19.3 Å². The number of nitro groups is 1. The van der Waals surface area contributed by atoms with E-state index >= 15 is 0 Å². The molecule has 0 aliphatic carbocycles. The zero-order valence-corrected chi connectivity index (χ0v) is 12.5. The van der Waals surface area contributed by atoms with Crippen LogP contribution in [0.15, 0.2) is 18.2 Å². The van der Waals surface area contributed by atoms with Crippen LogP contribution in [-0.4, -0.2) is 35.2 Å². The molecule has 20 heavy (non-hydrogen) atoms. The maximum absolute atomic E-state index is 12.2. The Labute approximate surface area is 123 Å². The van der Waals surface area contributed by atoms with E-state index in [0.29, 0.717) is 23.6 Å². The fourth-order valence-electron chi connectivity index (χ4n) is 1.94. The van der Waals surface area contributed by atoms with Gasteiger partial charge in [0.2, 0.25) is 0 Å². The molecule has 0 bridgehead atoms. The van der Waals surface area contributed by atoms with Crippen LogP contribution in [0.3, 0.4) is 0 Å². The Morgan fingerprint density at radius 1 is 1.35 bits per heavy atom. The molecule has 0 radical (unpaired) electrons. The number of hydrogen-bond acceptors (Lipinski definition) is 3. The summed E-state index contributed by atoms with van der Waals surface area (Å²) in [6.45, 7) is 2.29. The lowest BCUT2D eigenvalue weighted by atomic mass is 10.1. The number of halogens is 1. The van der Waals surface area contributed by atoms with Crippen LogP contribution in [0.5, 0.6) is 0 Å². The molecule has 0 aromatic heterocycles. The first-order valence-electron chi connectivity index (χ1n) is 6.54. The molecule has 1 aromatic carbocycles. The van der Waals surface area contributed by atoms with Crippen LogP contribution in [0.2, 0.25) is 0 Å². The molecule has 0 N–H and O–H groups in total. The number of alkyl halides is 1. The van der Waals surface area contributed by atoms with E-state index < -0.39 is 4.92 Å². The fourth-order valence-corrected chi connectivity index (χ4v) is 2.12. The summed E-state index contributed by atoms with van der Waals surface area (Å²) in [6, 6.07) is 4.45. The molecule has 110 valence electrons. The third-order valence-corrected chi connectivity index (χ3v) is 3.38. The van der Waals surface area contributed by atoms with Gasteiger partial charge in [-0.15, -0.1) is 11.6 Å². The minimum Gasteiger partial charge on any atom is -0.342 e. The normalized spacial score (nSPS) is 10.3. The number of carbonyl (C=O) groups is 1. The number of nitrogens with zero attached hydrogens (tertiary/aromatic N) is 2. The largest absolute Gasteiger partial charge is 0.342 e.